The Bertz CT molecular complexity index is 1610. The number of thiophene rings is 1. The van der Waals surface area contributed by atoms with Gasteiger partial charge in [-0.15, -0.1) is 11.3 Å². The van der Waals surface area contributed by atoms with E-state index in [1.807, 2.05) is 36.4 Å². The van der Waals surface area contributed by atoms with Crippen LogP contribution in [0.15, 0.2) is 65.1 Å². The topological polar surface area (TPSA) is 67.2 Å². The highest BCUT2D eigenvalue weighted by Gasteiger charge is 2.18. The highest BCUT2D eigenvalue weighted by Crippen LogP contribution is 2.36. The summed E-state index contributed by atoms with van der Waals surface area (Å²) in [4.78, 5) is 17.8. The lowest BCUT2D eigenvalue weighted by atomic mass is 10.0. The van der Waals surface area contributed by atoms with Crippen molar-refractivity contribution >= 4 is 84.6 Å². The van der Waals surface area contributed by atoms with Crippen LogP contribution in [0, 0.1) is 0 Å². The van der Waals surface area contributed by atoms with Gasteiger partial charge in [0, 0.05) is 26.4 Å². The number of fused-ring (bicyclic) bond motifs is 2. The number of benzene rings is 3. The van der Waals surface area contributed by atoms with E-state index >= 15 is 0 Å². The van der Waals surface area contributed by atoms with E-state index in [0.717, 1.165) is 26.7 Å². The number of nitrogens with zero attached hydrogens (tertiary/aromatic N) is 1. The molecule has 5 rings (SSSR count). The van der Waals surface area contributed by atoms with Crippen molar-refractivity contribution in [2.24, 2.45) is 0 Å². The van der Waals surface area contributed by atoms with Crippen molar-refractivity contribution in [2.45, 2.75) is 19.8 Å². The summed E-state index contributed by atoms with van der Waals surface area (Å²) in [7, 11) is 0. The minimum atomic E-state index is -0.388. The van der Waals surface area contributed by atoms with Crippen molar-refractivity contribution in [1.29, 1.82) is 0 Å². The molecule has 5 nitrogen and oxygen atoms in total. The first-order chi connectivity index (χ1) is 16.8. The summed E-state index contributed by atoms with van der Waals surface area (Å²) in [6.07, 6.45) is 0. The van der Waals surface area contributed by atoms with Gasteiger partial charge in [0.2, 0.25) is 5.89 Å². The Kier molecular flexibility index (Phi) is 6.51. The van der Waals surface area contributed by atoms with Gasteiger partial charge in [-0.1, -0.05) is 55.2 Å². The van der Waals surface area contributed by atoms with Crippen LogP contribution in [-0.4, -0.2) is 16.0 Å². The predicted octanol–water partition coefficient (Wildman–Crippen LogP) is 8.27. The van der Waals surface area contributed by atoms with Gasteiger partial charge in [-0.25, -0.2) is 4.98 Å². The lowest BCUT2D eigenvalue weighted by Gasteiger charge is -2.09. The average Bonchev–Trinajstić information content (AvgIpc) is 3.39. The first kappa shape index (κ1) is 23.8. The number of hydrogen-bond donors (Lipinski definition) is 2. The molecule has 35 heavy (non-hydrogen) atoms. The molecule has 0 aliphatic carbocycles. The molecule has 0 aliphatic rings. The molecule has 9 heteroatoms. The standard InChI is InChI=1S/C26H19Cl2N3O2S2/c1-13(2)14-6-9-20-19(11-14)30-25(33-20)15-4-3-5-17(10-15)29-26(34)31-24(32)23-22(28)18-8-7-16(27)12-21(18)35-23/h3-13H,1-2H3,(H2,29,31,32,34). The number of carbonyl (C=O) groups excluding carboxylic acids is 1. The number of thiocarbonyl (C=S) groups is 1. The van der Waals surface area contributed by atoms with Gasteiger partial charge >= 0.3 is 0 Å². The van der Waals surface area contributed by atoms with E-state index in [1.165, 1.54) is 16.9 Å². The summed E-state index contributed by atoms with van der Waals surface area (Å²) in [5.74, 6) is 0.527. The second-order valence-corrected chi connectivity index (χ2v) is 10.6. The summed E-state index contributed by atoms with van der Waals surface area (Å²) in [6, 6.07) is 18.8. The van der Waals surface area contributed by atoms with E-state index in [4.69, 9.17) is 39.8 Å². The largest absolute Gasteiger partial charge is 0.436 e. The number of oxazole rings is 1. The zero-order chi connectivity index (χ0) is 24.7. The van der Waals surface area contributed by atoms with Gasteiger partial charge in [-0.3, -0.25) is 10.1 Å². The molecule has 0 saturated carbocycles. The van der Waals surface area contributed by atoms with Gasteiger partial charge in [0.1, 0.15) is 10.4 Å². The van der Waals surface area contributed by atoms with Crippen LogP contribution in [0.3, 0.4) is 0 Å². The molecule has 0 atom stereocenters. The van der Waals surface area contributed by atoms with E-state index in [1.54, 1.807) is 18.2 Å². The van der Waals surface area contributed by atoms with Crippen molar-refractivity contribution in [2.75, 3.05) is 5.32 Å². The summed E-state index contributed by atoms with van der Waals surface area (Å²) >= 11 is 19.1. The van der Waals surface area contributed by atoms with Crippen molar-refractivity contribution in [3.05, 3.63) is 81.1 Å². The Morgan fingerprint density at radius 2 is 1.91 bits per heavy atom. The molecule has 0 spiro atoms. The van der Waals surface area contributed by atoms with Crippen molar-refractivity contribution in [3.63, 3.8) is 0 Å². The Morgan fingerprint density at radius 3 is 2.71 bits per heavy atom. The fourth-order valence-corrected chi connectivity index (χ4v) is 5.56. The molecular weight excluding hydrogens is 521 g/mol. The first-order valence-electron chi connectivity index (χ1n) is 10.8. The number of halogens is 2. The fraction of sp³-hybridized carbons (Fsp3) is 0.115. The number of hydrogen-bond acceptors (Lipinski definition) is 5. The minimum absolute atomic E-state index is 0.151. The molecule has 5 aromatic rings. The van der Waals surface area contributed by atoms with E-state index in [2.05, 4.69) is 35.5 Å². The lowest BCUT2D eigenvalue weighted by molar-refractivity contribution is 0.0982. The monoisotopic (exact) mass is 539 g/mol. The zero-order valence-electron chi connectivity index (χ0n) is 18.7. The molecule has 2 heterocycles. The maximum absolute atomic E-state index is 12.8. The number of carbonyl (C=O) groups is 1. The highest BCUT2D eigenvalue weighted by atomic mass is 35.5. The summed E-state index contributed by atoms with van der Waals surface area (Å²) in [5.41, 5.74) is 4.22. The maximum atomic E-state index is 12.8. The Morgan fingerprint density at radius 1 is 1.09 bits per heavy atom. The number of amides is 1. The van der Waals surface area contributed by atoms with Crippen LogP contribution in [0.4, 0.5) is 5.69 Å². The van der Waals surface area contributed by atoms with Crippen molar-refractivity contribution < 1.29 is 9.21 Å². The van der Waals surface area contributed by atoms with Gasteiger partial charge in [-0.2, -0.15) is 0 Å². The highest BCUT2D eigenvalue weighted by molar-refractivity contribution is 7.80. The lowest BCUT2D eigenvalue weighted by Crippen LogP contribution is -2.33. The first-order valence-corrected chi connectivity index (χ1v) is 12.8. The van der Waals surface area contributed by atoms with E-state index in [-0.39, 0.29) is 11.0 Å². The normalized spacial score (nSPS) is 11.3. The molecule has 2 aromatic heterocycles. The fourth-order valence-electron chi connectivity index (χ4n) is 3.66. The molecule has 0 unspecified atom stereocenters. The summed E-state index contributed by atoms with van der Waals surface area (Å²) in [6.45, 7) is 4.28. The van der Waals surface area contributed by atoms with E-state index in [0.29, 0.717) is 32.4 Å². The zero-order valence-corrected chi connectivity index (χ0v) is 21.8. The van der Waals surface area contributed by atoms with Crippen molar-refractivity contribution in [3.8, 4) is 11.5 Å². The molecule has 0 fully saturated rings. The summed E-state index contributed by atoms with van der Waals surface area (Å²) < 4.78 is 6.79. The molecule has 3 aromatic carbocycles. The average molecular weight is 540 g/mol. The second-order valence-electron chi connectivity index (χ2n) is 8.28. The Balaban J connectivity index is 1.32. The second kappa shape index (κ2) is 9.59. The van der Waals surface area contributed by atoms with E-state index < -0.39 is 0 Å². The Hall–Kier alpha value is -2.97. The minimum Gasteiger partial charge on any atom is -0.436 e. The van der Waals surface area contributed by atoms with Gasteiger partial charge in [0.05, 0.1) is 5.02 Å². The number of nitrogens with one attached hydrogen (secondary N) is 2. The molecule has 0 aliphatic heterocycles. The van der Waals surface area contributed by atoms with Crippen LogP contribution in [0.25, 0.3) is 32.6 Å². The van der Waals surface area contributed by atoms with E-state index in [9.17, 15) is 4.79 Å². The van der Waals surface area contributed by atoms with Crippen LogP contribution in [0.2, 0.25) is 10.0 Å². The number of anilines is 1. The van der Waals surface area contributed by atoms with Crippen molar-refractivity contribution in [1.82, 2.24) is 10.3 Å². The molecule has 0 bridgehead atoms. The van der Waals surface area contributed by atoms with Gasteiger partial charge in [-0.05, 0) is 66.2 Å². The molecule has 2 N–H and O–H groups in total. The summed E-state index contributed by atoms with van der Waals surface area (Å²) in [5, 5.41) is 7.62. The molecule has 0 saturated heterocycles. The molecule has 0 radical (unpaired) electrons. The smallest absolute Gasteiger partial charge is 0.269 e. The molecular formula is C26H19Cl2N3O2S2. The van der Waals surface area contributed by atoms with Gasteiger partial charge < -0.3 is 9.73 Å². The third-order valence-electron chi connectivity index (χ3n) is 5.47. The van der Waals surface area contributed by atoms with Gasteiger partial charge in [0.15, 0.2) is 10.7 Å². The quantitative estimate of drug-likeness (QED) is 0.225. The predicted molar refractivity (Wildman–Crippen MR) is 149 cm³/mol. The third kappa shape index (κ3) is 4.90. The maximum Gasteiger partial charge on any atom is 0.269 e. The van der Waals surface area contributed by atoms with Crippen LogP contribution in [-0.2, 0) is 0 Å². The van der Waals surface area contributed by atoms with Gasteiger partial charge in [0.25, 0.3) is 5.91 Å². The molecule has 1 amide bonds. The number of aromatic nitrogens is 1. The van der Waals surface area contributed by atoms with Crippen LogP contribution < -0.4 is 10.6 Å². The molecule has 176 valence electrons. The number of rotatable bonds is 4. The Labute approximate surface area is 221 Å². The van der Waals surface area contributed by atoms with Crippen LogP contribution >= 0.6 is 46.8 Å². The van der Waals surface area contributed by atoms with Crippen LogP contribution in [0.1, 0.15) is 35.0 Å². The SMILES string of the molecule is CC(C)c1ccc2oc(-c3cccc(NC(=S)NC(=O)c4sc5cc(Cl)ccc5c4Cl)c3)nc2c1. The third-order valence-corrected chi connectivity index (χ3v) is 7.57. The van der Waals surface area contributed by atoms with Crippen LogP contribution in [0.5, 0.6) is 0 Å².